The Labute approximate surface area is 109 Å². The molecule has 0 amide bonds. The molecule has 0 aromatic rings. The molecule has 0 rings (SSSR count). The summed E-state index contributed by atoms with van der Waals surface area (Å²) in [5.41, 5.74) is 0.766. The molecular weight excluding hydrogens is 256 g/mol. The van der Waals surface area contributed by atoms with E-state index in [0.717, 1.165) is 9.88 Å². The van der Waals surface area contributed by atoms with Gasteiger partial charge in [0.2, 0.25) is 0 Å². The third-order valence-electron chi connectivity index (χ3n) is 2.38. The second kappa shape index (κ2) is 7.50. The number of methoxy groups -OCH3 is 1. The molecule has 0 aromatic heterocycles. The molecule has 0 saturated carbocycles. The topological polar surface area (TPSA) is 66.9 Å². The Balaban J connectivity index is 4.67. The Hall–Kier alpha value is -0.920. The summed E-state index contributed by atoms with van der Waals surface area (Å²) in [5.74, 6) is -0.431. The summed E-state index contributed by atoms with van der Waals surface area (Å²) in [6.07, 6.45) is 0.0385. The monoisotopic (exact) mass is 278 g/mol. The summed E-state index contributed by atoms with van der Waals surface area (Å²) < 4.78 is 31.3. The zero-order valence-electron chi connectivity index (χ0n) is 11.5. The first kappa shape index (κ1) is 17.1. The first-order valence-electron chi connectivity index (χ1n) is 5.68. The second-order valence-corrected chi connectivity index (χ2v) is 6.07. The highest BCUT2D eigenvalue weighted by molar-refractivity contribution is 7.86. The van der Waals surface area contributed by atoms with Crippen molar-refractivity contribution in [2.75, 3.05) is 33.8 Å². The van der Waals surface area contributed by atoms with Crippen molar-refractivity contribution in [2.24, 2.45) is 0 Å². The molecule has 0 aliphatic heterocycles. The van der Waals surface area contributed by atoms with Gasteiger partial charge in [0, 0.05) is 26.7 Å². The zero-order chi connectivity index (χ0) is 14.3. The molecule has 0 spiro atoms. The third kappa shape index (κ3) is 5.16. The van der Waals surface area contributed by atoms with Crippen LogP contribution < -0.4 is 0 Å². The quantitative estimate of drug-likeness (QED) is 0.482. The molecule has 0 heterocycles. The maximum atomic E-state index is 12.2. The van der Waals surface area contributed by atoms with Crippen LogP contribution in [0.1, 0.15) is 20.3 Å². The summed E-state index contributed by atoms with van der Waals surface area (Å²) in [6.45, 7) is 7.97. The van der Waals surface area contributed by atoms with E-state index in [9.17, 15) is 13.2 Å². The van der Waals surface area contributed by atoms with Crippen molar-refractivity contribution in [1.82, 2.24) is 8.61 Å². The van der Waals surface area contributed by atoms with Gasteiger partial charge in [0.15, 0.2) is 0 Å². The molecule has 0 aliphatic carbocycles. The number of carbonyl (C=O) groups excluding carboxylic acids is 1. The van der Waals surface area contributed by atoms with Gasteiger partial charge < -0.3 is 4.74 Å². The van der Waals surface area contributed by atoms with Crippen molar-refractivity contribution in [3.8, 4) is 0 Å². The Morgan fingerprint density at radius 3 is 2.33 bits per heavy atom. The van der Waals surface area contributed by atoms with Gasteiger partial charge in [0.05, 0.1) is 13.5 Å². The molecule has 0 saturated heterocycles. The average molecular weight is 278 g/mol. The molecular formula is C11H22N2O4S. The van der Waals surface area contributed by atoms with E-state index in [1.807, 2.05) is 0 Å². The van der Waals surface area contributed by atoms with Crippen LogP contribution in [0, 0.1) is 0 Å². The van der Waals surface area contributed by atoms with E-state index in [-0.39, 0.29) is 19.5 Å². The van der Waals surface area contributed by atoms with E-state index in [1.165, 1.54) is 18.5 Å². The standard InChI is InChI=1S/C11H22N2O4S/c1-6-13(9-10(2)3)18(15,16)12(4)8-7-11(14)17-5/h2,6-9H2,1,3-5H3. The number of hydrogen-bond acceptors (Lipinski definition) is 4. The van der Waals surface area contributed by atoms with Crippen LogP contribution in [0.25, 0.3) is 0 Å². The SMILES string of the molecule is C=C(C)CN(CC)S(=O)(=O)N(C)CCC(=O)OC. The molecule has 0 radical (unpaired) electrons. The normalized spacial score (nSPS) is 11.9. The molecule has 0 fully saturated rings. The summed E-state index contributed by atoms with van der Waals surface area (Å²) in [5, 5.41) is 0. The lowest BCUT2D eigenvalue weighted by Gasteiger charge is -2.26. The lowest BCUT2D eigenvalue weighted by molar-refractivity contribution is -0.140. The minimum atomic E-state index is -3.55. The Kier molecular flexibility index (Phi) is 7.12. The van der Waals surface area contributed by atoms with E-state index in [2.05, 4.69) is 11.3 Å². The smallest absolute Gasteiger partial charge is 0.306 e. The number of ether oxygens (including phenoxy) is 1. The fourth-order valence-electron chi connectivity index (χ4n) is 1.32. The van der Waals surface area contributed by atoms with Crippen molar-refractivity contribution in [3.63, 3.8) is 0 Å². The van der Waals surface area contributed by atoms with Crippen molar-refractivity contribution in [3.05, 3.63) is 12.2 Å². The van der Waals surface area contributed by atoms with E-state index >= 15 is 0 Å². The highest BCUT2D eigenvalue weighted by Crippen LogP contribution is 2.09. The van der Waals surface area contributed by atoms with Gasteiger partial charge in [-0.05, 0) is 6.92 Å². The second-order valence-electron chi connectivity index (χ2n) is 4.04. The van der Waals surface area contributed by atoms with Gasteiger partial charge in [-0.15, -0.1) is 0 Å². The van der Waals surface area contributed by atoms with Crippen LogP contribution in [0.4, 0.5) is 0 Å². The van der Waals surface area contributed by atoms with Crippen LogP contribution in [0.3, 0.4) is 0 Å². The molecule has 106 valence electrons. The van der Waals surface area contributed by atoms with Crippen molar-refractivity contribution >= 4 is 16.2 Å². The van der Waals surface area contributed by atoms with E-state index in [1.54, 1.807) is 13.8 Å². The third-order valence-corrected chi connectivity index (χ3v) is 4.39. The number of carbonyl (C=O) groups is 1. The number of hydrogen-bond donors (Lipinski definition) is 0. The van der Waals surface area contributed by atoms with Crippen molar-refractivity contribution in [2.45, 2.75) is 20.3 Å². The molecule has 0 aromatic carbocycles. The summed E-state index contributed by atoms with van der Waals surface area (Å²) in [4.78, 5) is 11.0. The fourth-order valence-corrected chi connectivity index (χ4v) is 2.75. The van der Waals surface area contributed by atoms with E-state index in [4.69, 9.17) is 0 Å². The van der Waals surface area contributed by atoms with Crippen molar-refractivity contribution < 1.29 is 17.9 Å². The van der Waals surface area contributed by atoms with Gasteiger partial charge in [0.1, 0.15) is 0 Å². The molecule has 0 bridgehead atoms. The Bertz CT molecular complexity index is 392. The maximum Gasteiger partial charge on any atom is 0.306 e. The molecule has 6 nitrogen and oxygen atoms in total. The first-order chi connectivity index (χ1) is 8.25. The van der Waals surface area contributed by atoms with Crippen LogP contribution in [-0.2, 0) is 19.7 Å². The van der Waals surface area contributed by atoms with Gasteiger partial charge >= 0.3 is 5.97 Å². The summed E-state index contributed by atoms with van der Waals surface area (Å²) in [7, 11) is -0.834. The molecule has 0 atom stereocenters. The number of rotatable bonds is 8. The molecule has 0 N–H and O–H groups in total. The zero-order valence-corrected chi connectivity index (χ0v) is 12.3. The van der Waals surface area contributed by atoms with Crippen LogP contribution >= 0.6 is 0 Å². The van der Waals surface area contributed by atoms with Crippen LogP contribution in [0.15, 0.2) is 12.2 Å². The van der Waals surface area contributed by atoms with Gasteiger partial charge in [-0.3, -0.25) is 4.79 Å². The van der Waals surface area contributed by atoms with E-state index in [0.29, 0.717) is 6.54 Å². The number of nitrogens with zero attached hydrogens (tertiary/aromatic N) is 2. The lowest BCUT2D eigenvalue weighted by atomic mass is 10.3. The predicted molar refractivity (Wildman–Crippen MR) is 70.2 cm³/mol. The van der Waals surface area contributed by atoms with Gasteiger partial charge in [-0.1, -0.05) is 19.1 Å². The number of likely N-dealkylation sites (N-methyl/N-ethyl adjacent to an activating group) is 1. The summed E-state index contributed by atoms with van der Waals surface area (Å²) in [6, 6.07) is 0. The van der Waals surface area contributed by atoms with Crippen LogP contribution in [-0.4, -0.2) is 56.8 Å². The Morgan fingerprint density at radius 1 is 1.39 bits per heavy atom. The highest BCUT2D eigenvalue weighted by Gasteiger charge is 2.25. The molecule has 0 aliphatic rings. The van der Waals surface area contributed by atoms with Gasteiger partial charge in [0.25, 0.3) is 10.2 Å². The van der Waals surface area contributed by atoms with Gasteiger partial charge in [-0.2, -0.15) is 17.0 Å². The maximum absolute atomic E-state index is 12.2. The molecule has 0 unspecified atom stereocenters. The molecule has 7 heteroatoms. The van der Waals surface area contributed by atoms with Crippen LogP contribution in [0.2, 0.25) is 0 Å². The lowest BCUT2D eigenvalue weighted by Crippen LogP contribution is -2.43. The van der Waals surface area contributed by atoms with Crippen LogP contribution in [0.5, 0.6) is 0 Å². The highest BCUT2D eigenvalue weighted by atomic mass is 32.2. The fraction of sp³-hybridized carbons (Fsp3) is 0.727. The molecule has 18 heavy (non-hydrogen) atoms. The number of esters is 1. The first-order valence-corrected chi connectivity index (χ1v) is 7.08. The Morgan fingerprint density at radius 2 is 1.94 bits per heavy atom. The largest absolute Gasteiger partial charge is 0.469 e. The summed E-state index contributed by atoms with van der Waals surface area (Å²) >= 11 is 0. The average Bonchev–Trinajstić information content (AvgIpc) is 2.31. The van der Waals surface area contributed by atoms with Gasteiger partial charge in [-0.25, -0.2) is 0 Å². The minimum absolute atomic E-state index is 0.0385. The van der Waals surface area contributed by atoms with E-state index < -0.39 is 16.2 Å². The van der Waals surface area contributed by atoms with Crippen molar-refractivity contribution in [1.29, 1.82) is 0 Å². The predicted octanol–water partition coefficient (Wildman–Crippen LogP) is 0.624. The minimum Gasteiger partial charge on any atom is -0.469 e.